The van der Waals surface area contributed by atoms with Gasteiger partial charge in [0.2, 0.25) is 11.2 Å². The fourth-order valence-electron chi connectivity index (χ4n) is 1.01. The number of hydrogen-bond donors (Lipinski definition) is 0. The van der Waals surface area contributed by atoms with Crippen LogP contribution in [0.2, 0.25) is 5.28 Å². The molecule has 0 N–H and O–H groups in total. The molecule has 0 fully saturated rings. The molecular weight excluding hydrogens is 311 g/mol. The van der Waals surface area contributed by atoms with E-state index >= 15 is 0 Å². The lowest BCUT2D eigenvalue weighted by Crippen LogP contribution is -2.07. The van der Waals surface area contributed by atoms with E-state index in [0.717, 1.165) is 6.42 Å². The minimum absolute atomic E-state index is 0.166. The molecule has 0 unspecified atom stereocenters. The van der Waals surface area contributed by atoms with Crippen molar-refractivity contribution in [3.05, 3.63) is 16.0 Å². The van der Waals surface area contributed by atoms with E-state index in [4.69, 9.17) is 25.8 Å². The number of aromatic nitrogens is 2. The van der Waals surface area contributed by atoms with Crippen molar-refractivity contribution in [2.45, 2.75) is 6.42 Å². The maximum atomic E-state index is 5.65. The molecule has 1 rings (SSSR count). The molecule has 1 aromatic rings. The Morgan fingerprint density at radius 3 is 2.88 bits per heavy atom. The Bertz CT molecular complexity index is 341. The molecule has 1 aromatic heterocycles. The van der Waals surface area contributed by atoms with Crippen LogP contribution in [0.15, 0.2) is 10.7 Å². The standard InChI is InChI=1S/C10H14BrClN2O3/c1-15-5-6-16-3-2-4-17-9-8(11)7-13-10(12)14-9/h7H,2-6H2,1H3. The Labute approximate surface area is 114 Å². The molecule has 0 spiro atoms. The quantitative estimate of drug-likeness (QED) is 0.542. The zero-order valence-electron chi connectivity index (χ0n) is 9.49. The SMILES string of the molecule is COCCOCCCOc1nc(Cl)ncc1Br. The third-order valence-corrected chi connectivity index (χ3v) is 2.51. The Morgan fingerprint density at radius 2 is 2.12 bits per heavy atom. The predicted molar refractivity (Wildman–Crippen MR) is 67.5 cm³/mol. The van der Waals surface area contributed by atoms with E-state index in [1.165, 1.54) is 0 Å². The number of rotatable bonds is 8. The first-order chi connectivity index (χ1) is 8.24. The first-order valence-corrected chi connectivity index (χ1v) is 6.28. The first kappa shape index (κ1) is 14.6. The Kier molecular flexibility index (Phi) is 7.43. The Morgan fingerprint density at radius 1 is 1.29 bits per heavy atom. The summed E-state index contributed by atoms with van der Waals surface area (Å²) in [6.45, 7) is 2.34. The van der Waals surface area contributed by atoms with Gasteiger partial charge in [0, 0.05) is 26.3 Å². The smallest absolute Gasteiger partial charge is 0.232 e. The van der Waals surface area contributed by atoms with E-state index in [1.54, 1.807) is 13.3 Å². The van der Waals surface area contributed by atoms with E-state index in [2.05, 4.69) is 25.9 Å². The monoisotopic (exact) mass is 324 g/mol. The van der Waals surface area contributed by atoms with E-state index in [0.29, 0.717) is 36.8 Å². The third kappa shape index (κ3) is 6.16. The summed E-state index contributed by atoms with van der Waals surface area (Å²) in [6.07, 6.45) is 2.33. The van der Waals surface area contributed by atoms with Gasteiger partial charge in [-0.2, -0.15) is 4.98 Å². The van der Waals surface area contributed by atoms with Crippen LogP contribution in [-0.4, -0.2) is 43.5 Å². The number of hydrogen-bond acceptors (Lipinski definition) is 5. The summed E-state index contributed by atoms with van der Waals surface area (Å²) in [5.74, 6) is 0.446. The highest BCUT2D eigenvalue weighted by atomic mass is 79.9. The molecular formula is C10H14BrClN2O3. The summed E-state index contributed by atoms with van der Waals surface area (Å²) in [4.78, 5) is 7.75. The van der Waals surface area contributed by atoms with Crippen molar-refractivity contribution in [2.75, 3.05) is 33.5 Å². The highest BCUT2D eigenvalue weighted by Gasteiger charge is 2.04. The lowest BCUT2D eigenvalue weighted by Gasteiger charge is -2.07. The molecule has 0 radical (unpaired) electrons. The zero-order chi connectivity index (χ0) is 12.5. The molecule has 0 amide bonds. The van der Waals surface area contributed by atoms with Crippen molar-refractivity contribution in [1.29, 1.82) is 0 Å². The fraction of sp³-hybridized carbons (Fsp3) is 0.600. The molecule has 0 aromatic carbocycles. The fourth-order valence-corrected chi connectivity index (χ4v) is 1.44. The van der Waals surface area contributed by atoms with Crippen molar-refractivity contribution in [1.82, 2.24) is 9.97 Å². The van der Waals surface area contributed by atoms with Crippen LogP contribution >= 0.6 is 27.5 Å². The predicted octanol–water partition coefficient (Wildman–Crippen LogP) is 2.32. The highest BCUT2D eigenvalue weighted by Crippen LogP contribution is 2.22. The molecule has 17 heavy (non-hydrogen) atoms. The molecule has 0 aliphatic rings. The first-order valence-electron chi connectivity index (χ1n) is 5.11. The van der Waals surface area contributed by atoms with Crippen molar-refractivity contribution in [3.63, 3.8) is 0 Å². The molecule has 1 heterocycles. The van der Waals surface area contributed by atoms with Gasteiger partial charge in [0.25, 0.3) is 0 Å². The molecule has 5 nitrogen and oxygen atoms in total. The van der Waals surface area contributed by atoms with E-state index in [9.17, 15) is 0 Å². The molecule has 7 heteroatoms. The molecule has 0 aliphatic carbocycles. The summed E-state index contributed by atoms with van der Waals surface area (Å²) in [6, 6.07) is 0. The van der Waals surface area contributed by atoms with E-state index in [-0.39, 0.29) is 5.28 Å². The van der Waals surface area contributed by atoms with Gasteiger partial charge in [0.15, 0.2) is 0 Å². The number of nitrogens with zero attached hydrogens (tertiary/aromatic N) is 2. The largest absolute Gasteiger partial charge is 0.477 e. The van der Waals surface area contributed by atoms with Gasteiger partial charge in [-0.3, -0.25) is 0 Å². The van der Waals surface area contributed by atoms with Crippen LogP contribution in [0.25, 0.3) is 0 Å². The summed E-state index contributed by atoms with van der Waals surface area (Å²) in [5.41, 5.74) is 0. The number of ether oxygens (including phenoxy) is 3. The maximum Gasteiger partial charge on any atom is 0.232 e. The van der Waals surface area contributed by atoms with Crippen LogP contribution in [0.5, 0.6) is 5.88 Å². The number of methoxy groups -OCH3 is 1. The lowest BCUT2D eigenvalue weighted by molar-refractivity contribution is 0.0641. The summed E-state index contributed by atoms with van der Waals surface area (Å²) in [7, 11) is 1.64. The minimum atomic E-state index is 0.166. The molecule has 96 valence electrons. The second-order valence-corrected chi connectivity index (χ2v) is 4.29. The third-order valence-electron chi connectivity index (χ3n) is 1.79. The van der Waals surface area contributed by atoms with Gasteiger partial charge in [-0.1, -0.05) is 0 Å². The summed E-state index contributed by atoms with van der Waals surface area (Å²) >= 11 is 8.93. The average molecular weight is 326 g/mol. The summed E-state index contributed by atoms with van der Waals surface area (Å²) in [5, 5.41) is 0.166. The van der Waals surface area contributed by atoms with Crippen molar-refractivity contribution in [2.24, 2.45) is 0 Å². The van der Waals surface area contributed by atoms with Crippen molar-refractivity contribution >= 4 is 27.5 Å². The molecule has 0 atom stereocenters. The Hall–Kier alpha value is -0.430. The van der Waals surface area contributed by atoms with E-state index < -0.39 is 0 Å². The molecule has 0 bridgehead atoms. The Balaban J connectivity index is 2.15. The van der Waals surface area contributed by atoms with Gasteiger partial charge in [-0.05, 0) is 27.5 Å². The van der Waals surface area contributed by atoms with Crippen molar-refractivity contribution < 1.29 is 14.2 Å². The van der Waals surface area contributed by atoms with Gasteiger partial charge in [0.1, 0.15) is 0 Å². The highest BCUT2D eigenvalue weighted by molar-refractivity contribution is 9.10. The van der Waals surface area contributed by atoms with Gasteiger partial charge < -0.3 is 14.2 Å². The van der Waals surface area contributed by atoms with E-state index in [1.807, 2.05) is 0 Å². The van der Waals surface area contributed by atoms with Crippen molar-refractivity contribution in [3.8, 4) is 5.88 Å². The zero-order valence-corrected chi connectivity index (χ0v) is 11.8. The van der Waals surface area contributed by atoms with Gasteiger partial charge in [0.05, 0.1) is 24.3 Å². The summed E-state index contributed by atoms with van der Waals surface area (Å²) < 4.78 is 16.3. The second kappa shape index (κ2) is 8.63. The topological polar surface area (TPSA) is 53.5 Å². The van der Waals surface area contributed by atoms with Gasteiger partial charge in [-0.25, -0.2) is 4.98 Å². The van der Waals surface area contributed by atoms with Crippen LogP contribution in [0.1, 0.15) is 6.42 Å². The normalized spacial score (nSPS) is 10.5. The van der Waals surface area contributed by atoms with Crippen LogP contribution in [-0.2, 0) is 9.47 Å². The molecule has 0 aliphatic heterocycles. The second-order valence-electron chi connectivity index (χ2n) is 3.10. The van der Waals surface area contributed by atoms with Crippen LogP contribution in [0.3, 0.4) is 0 Å². The average Bonchev–Trinajstić information content (AvgIpc) is 2.32. The maximum absolute atomic E-state index is 5.65. The van der Waals surface area contributed by atoms with Crippen LogP contribution in [0, 0.1) is 0 Å². The minimum Gasteiger partial charge on any atom is -0.477 e. The van der Waals surface area contributed by atoms with Gasteiger partial charge in [-0.15, -0.1) is 0 Å². The van der Waals surface area contributed by atoms with Crippen LogP contribution < -0.4 is 4.74 Å². The molecule has 0 saturated heterocycles. The van der Waals surface area contributed by atoms with Crippen LogP contribution in [0.4, 0.5) is 0 Å². The molecule has 0 saturated carbocycles. The lowest BCUT2D eigenvalue weighted by atomic mass is 10.5. The number of halogens is 2. The van der Waals surface area contributed by atoms with Gasteiger partial charge >= 0.3 is 0 Å².